The largest absolute Gasteiger partial charge is 0.493 e. The molecule has 1 aromatic carbocycles. The predicted molar refractivity (Wildman–Crippen MR) is 67.6 cm³/mol. The predicted octanol–water partition coefficient (Wildman–Crippen LogP) is 2.54. The number of ether oxygens (including phenoxy) is 3. The van der Waals surface area contributed by atoms with E-state index in [4.69, 9.17) is 25.8 Å². The van der Waals surface area contributed by atoms with Crippen molar-refractivity contribution in [1.29, 1.82) is 0 Å². The van der Waals surface area contributed by atoms with Crippen LogP contribution in [-0.4, -0.2) is 25.1 Å². The van der Waals surface area contributed by atoms with Crippen molar-refractivity contribution in [2.24, 2.45) is 5.92 Å². The number of carbonyl (C=O) groups is 2. The quantitative estimate of drug-likeness (QED) is 0.628. The fraction of sp³-hybridized carbons (Fsp3) is 0.385. The molecule has 0 radical (unpaired) electrons. The van der Waals surface area contributed by atoms with Gasteiger partial charge in [-0.25, -0.2) is 4.79 Å². The standard InChI is InChI=1S/C13H13ClO5/c1-17-11-7-8(2-3-10(11)19-13(14)16)6-9-4-5-18-12(9)15/h2-3,7,9H,4-6H2,1H3/t9-/m0/s1. The molecule has 19 heavy (non-hydrogen) atoms. The van der Waals surface area contributed by atoms with Gasteiger partial charge in [-0.05, 0) is 30.5 Å². The van der Waals surface area contributed by atoms with E-state index >= 15 is 0 Å². The van der Waals surface area contributed by atoms with E-state index in [1.54, 1.807) is 18.2 Å². The SMILES string of the molecule is COc1cc(C[C@@H]2CCOC2=O)ccc1OC(=O)Cl. The third kappa shape index (κ3) is 3.38. The van der Waals surface area contributed by atoms with Gasteiger partial charge in [-0.3, -0.25) is 4.79 Å². The number of methoxy groups -OCH3 is 1. The summed E-state index contributed by atoms with van der Waals surface area (Å²) in [6.45, 7) is 0.475. The molecular weight excluding hydrogens is 272 g/mol. The third-order valence-corrected chi connectivity index (χ3v) is 3.02. The van der Waals surface area contributed by atoms with Gasteiger partial charge in [0.1, 0.15) is 0 Å². The zero-order valence-corrected chi connectivity index (χ0v) is 11.1. The smallest absolute Gasteiger partial charge is 0.409 e. The van der Waals surface area contributed by atoms with E-state index in [2.05, 4.69) is 0 Å². The van der Waals surface area contributed by atoms with Gasteiger partial charge in [-0.2, -0.15) is 0 Å². The molecule has 0 aromatic heterocycles. The van der Waals surface area contributed by atoms with Gasteiger partial charge < -0.3 is 14.2 Å². The highest BCUT2D eigenvalue weighted by Crippen LogP contribution is 2.30. The van der Waals surface area contributed by atoms with Gasteiger partial charge in [0.15, 0.2) is 11.5 Å². The van der Waals surface area contributed by atoms with Crippen molar-refractivity contribution >= 4 is 23.0 Å². The van der Waals surface area contributed by atoms with Gasteiger partial charge in [0.25, 0.3) is 0 Å². The molecule has 0 saturated carbocycles. The Labute approximate surface area is 115 Å². The number of hydrogen-bond donors (Lipinski definition) is 0. The molecule has 0 spiro atoms. The van der Waals surface area contributed by atoms with Gasteiger partial charge >= 0.3 is 11.4 Å². The van der Waals surface area contributed by atoms with Crippen molar-refractivity contribution < 1.29 is 23.8 Å². The molecule has 0 unspecified atom stereocenters. The lowest BCUT2D eigenvalue weighted by Crippen LogP contribution is -2.10. The summed E-state index contributed by atoms with van der Waals surface area (Å²) in [4.78, 5) is 22.1. The molecular formula is C13H13ClO5. The number of hydrogen-bond acceptors (Lipinski definition) is 5. The van der Waals surface area contributed by atoms with Crippen LogP contribution in [0, 0.1) is 5.92 Å². The van der Waals surface area contributed by atoms with Crippen LogP contribution in [0.25, 0.3) is 0 Å². The van der Waals surface area contributed by atoms with Crippen molar-refractivity contribution in [1.82, 2.24) is 0 Å². The van der Waals surface area contributed by atoms with Crippen molar-refractivity contribution in [2.75, 3.05) is 13.7 Å². The second-order valence-electron chi connectivity index (χ2n) is 4.18. The summed E-state index contributed by atoms with van der Waals surface area (Å²) in [6.07, 6.45) is 1.30. The molecule has 1 fully saturated rings. The van der Waals surface area contributed by atoms with E-state index < -0.39 is 5.43 Å². The third-order valence-electron chi connectivity index (χ3n) is 2.94. The maximum atomic E-state index is 11.4. The first kappa shape index (κ1) is 13.7. The summed E-state index contributed by atoms with van der Waals surface area (Å²) in [5.74, 6) is 0.361. The van der Waals surface area contributed by atoms with Crippen LogP contribution in [-0.2, 0) is 16.0 Å². The Morgan fingerprint density at radius 1 is 1.47 bits per heavy atom. The minimum Gasteiger partial charge on any atom is -0.493 e. The molecule has 2 rings (SSSR count). The highest BCUT2D eigenvalue weighted by molar-refractivity contribution is 6.61. The van der Waals surface area contributed by atoms with E-state index in [9.17, 15) is 9.59 Å². The molecule has 1 heterocycles. The first-order valence-corrected chi connectivity index (χ1v) is 6.19. The van der Waals surface area contributed by atoms with E-state index in [0.717, 1.165) is 12.0 Å². The summed E-state index contributed by atoms with van der Waals surface area (Å²) >= 11 is 5.16. The Morgan fingerprint density at radius 3 is 2.84 bits per heavy atom. The first-order valence-electron chi connectivity index (χ1n) is 5.81. The zero-order chi connectivity index (χ0) is 13.8. The maximum absolute atomic E-state index is 11.4. The van der Waals surface area contributed by atoms with Crippen LogP contribution in [0.3, 0.4) is 0 Å². The molecule has 0 aliphatic carbocycles. The highest BCUT2D eigenvalue weighted by Gasteiger charge is 2.26. The Kier molecular flexibility index (Phi) is 4.27. The number of cyclic esters (lactones) is 1. The average Bonchev–Trinajstić information content (AvgIpc) is 2.76. The summed E-state index contributed by atoms with van der Waals surface area (Å²) in [7, 11) is 1.47. The number of carbonyl (C=O) groups excluding carboxylic acids is 2. The topological polar surface area (TPSA) is 61.8 Å². The Balaban J connectivity index is 2.14. The number of halogens is 1. The Hall–Kier alpha value is -1.75. The van der Waals surface area contributed by atoms with Gasteiger partial charge in [0.05, 0.1) is 19.6 Å². The molecule has 1 aliphatic rings. The van der Waals surface area contributed by atoms with Crippen LogP contribution in [0.2, 0.25) is 0 Å². The summed E-state index contributed by atoms with van der Waals surface area (Å²) in [5, 5.41) is 0. The van der Waals surface area contributed by atoms with Crippen LogP contribution in [0.4, 0.5) is 4.79 Å². The first-order chi connectivity index (χ1) is 9.10. The Bertz CT molecular complexity index is 500. The van der Waals surface area contributed by atoms with E-state index in [1.807, 2.05) is 0 Å². The van der Waals surface area contributed by atoms with Crippen molar-refractivity contribution in [2.45, 2.75) is 12.8 Å². The van der Waals surface area contributed by atoms with Crippen molar-refractivity contribution in [3.05, 3.63) is 23.8 Å². The normalized spacial score (nSPS) is 18.0. The van der Waals surface area contributed by atoms with Crippen molar-refractivity contribution in [3.63, 3.8) is 0 Å². The molecule has 1 saturated heterocycles. The average molecular weight is 285 g/mol. The molecule has 6 heteroatoms. The molecule has 0 N–H and O–H groups in total. The highest BCUT2D eigenvalue weighted by atomic mass is 35.5. The second-order valence-corrected chi connectivity index (χ2v) is 4.49. The molecule has 0 bridgehead atoms. The van der Waals surface area contributed by atoms with Crippen LogP contribution in [0.1, 0.15) is 12.0 Å². The van der Waals surface area contributed by atoms with Crippen LogP contribution >= 0.6 is 11.6 Å². The van der Waals surface area contributed by atoms with Gasteiger partial charge in [0.2, 0.25) is 0 Å². The second kappa shape index (κ2) is 5.93. The summed E-state index contributed by atoms with van der Waals surface area (Å²) in [5.41, 5.74) is -0.0134. The fourth-order valence-corrected chi connectivity index (χ4v) is 2.10. The Morgan fingerprint density at radius 2 is 2.26 bits per heavy atom. The van der Waals surface area contributed by atoms with Crippen LogP contribution in [0.15, 0.2) is 18.2 Å². The molecule has 1 atom stereocenters. The number of esters is 1. The zero-order valence-electron chi connectivity index (χ0n) is 10.3. The van der Waals surface area contributed by atoms with Crippen molar-refractivity contribution in [3.8, 4) is 11.5 Å². The molecule has 0 amide bonds. The fourth-order valence-electron chi connectivity index (χ4n) is 2.02. The molecule has 1 aliphatic heterocycles. The monoisotopic (exact) mass is 284 g/mol. The van der Waals surface area contributed by atoms with E-state index in [-0.39, 0.29) is 17.6 Å². The van der Waals surface area contributed by atoms with E-state index in [1.165, 1.54) is 7.11 Å². The lowest BCUT2D eigenvalue weighted by molar-refractivity contribution is -0.141. The van der Waals surface area contributed by atoms with Crippen LogP contribution in [0.5, 0.6) is 11.5 Å². The van der Waals surface area contributed by atoms with Gasteiger partial charge in [-0.1, -0.05) is 6.07 Å². The number of rotatable bonds is 4. The van der Waals surface area contributed by atoms with Crippen LogP contribution < -0.4 is 9.47 Å². The minimum absolute atomic E-state index is 0.119. The summed E-state index contributed by atoms with van der Waals surface area (Å²) in [6, 6.07) is 5.08. The summed E-state index contributed by atoms with van der Waals surface area (Å²) < 4.78 is 14.8. The lowest BCUT2D eigenvalue weighted by Gasteiger charge is -2.10. The maximum Gasteiger partial charge on any atom is 0.409 e. The minimum atomic E-state index is -0.926. The van der Waals surface area contributed by atoms with Gasteiger partial charge in [-0.15, -0.1) is 0 Å². The lowest BCUT2D eigenvalue weighted by atomic mass is 9.98. The molecule has 5 nitrogen and oxygen atoms in total. The van der Waals surface area contributed by atoms with E-state index in [0.29, 0.717) is 18.8 Å². The number of benzene rings is 1. The van der Waals surface area contributed by atoms with Gasteiger partial charge in [0, 0.05) is 11.6 Å². The molecule has 102 valence electrons. The molecule has 1 aromatic rings.